The lowest BCUT2D eigenvalue weighted by atomic mass is 9.98. The molecular weight excluding hydrogens is 444 g/mol. The van der Waals surface area contributed by atoms with E-state index in [-0.39, 0.29) is 30.1 Å². The summed E-state index contributed by atoms with van der Waals surface area (Å²) in [6, 6.07) is 11.5. The Hall–Kier alpha value is -2.51. The number of nitrogens with zero attached hydrogens (tertiary/aromatic N) is 3. The van der Waals surface area contributed by atoms with Gasteiger partial charge in [0.2, 0.25) is 5.91 Å². The fourth-order valence-electron chi connectivity index (χ4n) is 3.76. The van der Waals surface area contributed by atoms with Gasteiger partial charge in [0.1, 0.15) is 0 Å². The third-order valence-electron chi connectivity index (χ3n) is 5.63. The normalized spacial score (nSPS) is 16.8. The van der Waals surface area contributed by atoms with Crippen molar-refractivity contribution in [3.63, 3.8) is 0 Å². The second kappa shape index (κ2) is 9.32. The van der Waals surface area contributed by atoms with Crippen molar-refractivity contribution < 1.29 is 18.7 Å². The fourth-order valence-corrected chi connectivity index (χ4v) is 4.05. The van der Waals surface area contributed by atoms with Crippen LogP contribution in [0.25, 0.3) is 0 Å². The van der Waals surface area contributed by atoms with Gasteiger partial charge in [-0.25, -0.2) is 4.39 Å². The summed E-state index contributed by atoms with van der Waals surface area (Å²) < 4.78 is 18.8. The number of piperazine rings is 1. The lowest BCUT2D eigenvalue weighted by molar-refractivity contribution is -0.149. The quantitative estimate of drug-likeness (QED) is 0.679. The summed E-state index contributed by atoms with van der Waals surface area (Å²) in [7, 11) is 0. The van der Waals surface area contributed by atoms with Crippen LogP contribution in [0.4, 0.5) is 10.1 Å². The molecule has 2 saturated heterocycles. The standard InChI is InChI=1S/C22H22Cl2FN3O3/c23-17-6-5-16(11-18(17)24)26-7-9-27(10-8-26)22(30)15-12-28(13-15)21(29)14-31-20-4-2-1-3-19(20)25/h1-6,11,15H,7-10,12-14H2. The number of rotatable bonds is 5. The van der Waals surface area contributed by atoms with Gasteiger partial charge in [0.05, 0.1) is 16.0 Å². The maximum atomic E-state index is 13.6. The van der Waals surface area contributed by atoms with Gasteiger partial charge >= 0.3 is 0 Å². The Kier molecular flexibility index (Phi) is 6.53. The van der Waals surface area contributed by atoms with E-state index < -0.39 is 5.82 Å². The average molecular weight is 466 g/mol. The maximum Gasteiger partial charge on any atom is 0.260 e. The molecule has 6 nitrogen and oxygen atoms in total. The lowest BCUT2D eigenvalue weighted by Crippen LogP contribution is -2.59. The molecule has 0 spiro atoms. The molecule has 9 heteroatoms. The molecule has 0 atom stereocenters. The lowest BCUT2D eigenvalue weighted by Gasteiger charge is -2.43. The highest BCUT2D eigenvalue weighted by molar-refractivity contribution is 6.42. The predicted octanol–water partition coefficient (Wildman–Crippen LogP) is 3.32. The summed E-state index contributed by atoms with van der Waals surface area (Å²) in [5, 5.41) is 1.03. The van der Waals surface area contributed by atoms with Crippen molar-refractivity contribution in [2.75, 3.05) is 50.8 Å². The summed E-state index contributed by atoms with van der Waals surface area (Å²) >= 11 is 12.1. The number of carbonyl (C=O) groups is 2. The van der Waals surface area contributed by atoms with Crippen LogP contribution in [-0.4, -0.2) is 67.5 Å². The van der Waals surface area contributed by atoms with Crippen molar-refractivity contribution in [2.45, 2.75) is 0 Å². The molecule has 0 unspecified atom stereocenters. The molecule has 2 aromatic rings. The van der Waals surface area contributed by atoms with Crippen LogP contribution in [-0.2, 0) is 9.59 Å². The molecule has 0 radical (unpaired) electrons. The monoisotopic (exact) mass is 465 g/mol. The smallest absolute Gasteiger partial charge is 0.260 e. The number of para-hydroxylation sites is 1. The molecule has 2 fully saturated rings. The topological polar surface area (TPSA) is 53.1 Å². The van der Waals surface area contributed by atoms with Crippen LogP contribution >= 0.6 is 23.2 Å². The van der Waals surface area contributed by atoms with Crippen molar-refractivity contribution in [3.05, 3.63) is 58.3 Å². The van der Waals surface area contributed by atoms with Gasteiger partial charge in [-0.05, 0) is 30.3 Å². The van der Waals surface area contributed by atoms with Crippen LogP contribution in [0, 0.1) is 11.7 Å². The van der Waals surface area contributed by atoms with Gasteiger partial charge in [0.25, 0.3) is 5.91 Å². The number of likely N-dealkylation sites (tertiary alicyclic amines) is 1. The van der Waals surface area contributed by atoms with E-state index in [4.69, 9.17) is 27.9 Å². The Bertz CT molecular complexity index is 976. The summed E-state index contributed by atoms with van der Waals surface area (Å²) in [6.45, 7) is 3.12. The second-order valence-corrected chi connectivity index (χ2v) is 8.44. The molecule has 164 valence electrons. The van der Waals surface area contributed by atoms with Crippen molar-refractivity contribution in [2.24, 2.45) is 5.92 Å². The third kappa shape index (κ3) is 4.88. The van der Waals surface area contributed by atoms with Crippen molar-refractivity contribution in [1.82, 2.24) is 9.80 Å². The van der Waals surface area contributed by atoms with Gasteiger partial charge in [-0.2, -0.15) is 0 Å². The van der Waals surface area contributed by atoms with Gasteiger partial charge in [-0.1, -0.05) is 35.3 Å². The van der Waals surface area contributed by atoms with E-state index in [9.17, 15) is 14.0 Å². The first-order valence-electron chi connectivity index (χ1n) is 10.1. The number of halogens is 3. The number of benzene rings is 2. The minimum Gasteiger partial charge on any atom is -0.481 e. The van der Waals surface area contributed by atoms with Gasteiger partial charge in [0, 0.05) is 45.0 Å². The zero-order chi connectivity index (χ0) is 22.0. The van der Waals surface area contributed by atoms with E-state index in [0.29, 0.717) is 49.3 Å². The molecule has 4 rings (SSSR count). The third-order valence-corrected chi connectivity index (χ3v) is 6.37. The number of carbonyl (C=O) groups excluding carboxylic acids is 2. The van der Waals surface area contributed by atoms with E-state index in [1.807, 2.05) is 17.0 Å². The molecule has 0 N–H and O–H groups in total. The Morgan fingerprint density at radius 1 is 0.968 bits per heavy atom. The first-order chi connectivity index (χ1) is 14.9. The highest BCUT2D eigenvalue weighted by atomic mass is 35.5. The zero-order valence-corrected chi connectivity index (χ0v) is 18.3. The first kappa shape index (κ1) is 21.7. The molecule has 0 aromatic heterocycles. The van der Waals surface area contributed by atoms with E-state index in [1.165, 1.54) is 12.1 Å². The molecule has 2 aromatic carbocycles. The van der Waals surface area contributed by atoms with Crippen LogP contribution in [0.2, 0.25) is 10.0 Å². The maximum absolute atomic E-state index is 13.6. The summed E-state index contributed by atoms with van der Waals surface area (Å²) in [4.78, 5) is 30.6. The van der Waals surface area contributed by atoms with Crippen LogP contribution in [0.1, 0.15) is 0 Å². The number of anilines is 1. The van der Waals surface area contributed by atoms with Gasteiger partial charge in [0.15, 0.2) is 18.2 Å². The van der Waals surface area contributed by atoms with Crippen molar-refractivity contribution in [1.29, 1.82) is 0 Å². The minimum absolute atomic E-state index is 0.0452. The SMILES string of the molecule is O=C(COc1ccccc1F)N1CC(C(=O)N2CCN(c3ccc(Cl)c(Cl)c3)CC2)C1. The first-order valence-corrected chi connectivity index (χ1v) is 10.8. The number of ether oxygens (including phenoxy) is 1. The Balaban J connectivity index is 1.21. The van der Waals surface area contributed by atoms with Crippen LogP contribution in [0.15, 0.2) is 42.5 Å². The molecular formula is C22H22Cl2FN3O3. The predicted molar refractivity (Wildman–Crippen MR) is 117 cm³/mol. The van der Waals surface area contributed by atoms with E-state index in [2.05, 4.69) is 4.90 Å². The Morgan fingerprint density at radius 2 is 1.68 bits per heavy atom. The van der Waals surface area contributed by atoms with E-state index in [1.54, 1.807) is 23.1 Å². The second-order valence-electron chi connectivity index (χ2n) is 7.63. The summed E-state index contributed by atoms with van der Waals surface area (Å²) in [5.41, 5.74) is 0.983. The Morgan fingerprint density at radius 3 is 2.35 bits per heavy atom. The van der Waals surface area contributed by atoms with Gasteiger partial charge in [-0.3, -0.25) is 9.59 Å². The van der Waals surface area contributed by atoms with E-state index in [0.717, 1.165) is 5.69 Å². The average Bonchev–Trinajstić information content (AvgIpc) is 2.74. The van der Waals surface area contributed by atoms with Crippen molar-refractivity contribution >= 4 is 40.7 Å². The van der Waals surface area contributed by atoms with Crippen LogP contribution in [0.3, 0.4) is 0 Å². The number of hydrogen-bond donors (Lipinski definition) is 0. The molecule has 31 heavy (non-hydrogen) atoms. The molecule has 0 saturated carbocycles. The molecule has 2 heterocycles. The van der Waals surface area contributed by atoms with Crippen molar-refractivity contribution in [3.8, 4) is 5.75 Å². The molecule has 2 aliphatic heterocycles. The summed E-state index contributed by atoms with van der Waals surface area (Å²) in [6.07, 6.45) is 0. The highest BCUT2D eigenvalue weighted by Gasteiger charge is 2.38. The molecule has 2 amide bonds. The summed E-state index contributed by atoms with van der Waals surface area (Å²) in [5.74, 6) is -0.852. The molecule has 0 bridgehead atoms. The van der Waals surface area contributed by atoms with Gasteiger partial charge in [-0.15, -0.1) is 0 Å². The highest BCUT2D eigenvalue weighted by Crippen LogP contribution is 2.28. The zero-order valence-electron chi connectivity index (χ0n) is 16.8. The number of hydrogen-bond acceptors (Lipinski definition) is 4. The largest absolute Gasteiger partial charge is 0.481 e. The van der Waals surface area contributed by atoms with Gasteiger partial charge < -0.3 is 19.4 Å². The fraction of sp³-hybridized carbons (Fsp3) is 0.364. The molecule has 2 aliphatic rings. The minimum atomic E-state index is -0.507. The van der Waals surface area contributed by atoms with E-state index >= 15 is 0 Å². The van der Waals surface area contributed by atoms with Crippen LogP contribution in [0.5, 0.6) is 5.75 Å². The van der Waals surface area contributed by atoms with Crippen LogP contribution < -0.4 is 9.64 Å². The molecule has 0 aliphatic carbocycles. The Labute approximate surface area is 190 Å². The number of amides is 2.